The van der Waals surface area contributed by atoms with Gasteiger partial charge in [-0.2, -0.15) is 0 Å². The fourth-order valence-electron chi connectivity index (χ4n) is 0.638. The lowest BCUT2D eigenvalue weighted by Crippen LogP contribution is -2.38. The maximum absolute atomic E-state index is 4.07. The normalized spacial score (nSPS) is 19.1. The van der Waals surface area contributed by atoms with E-state index in [1.165, 1.54) is 0 Å². The van der Waals surface area contributed by atoms with Gasteiger partial charge in [0.25, 0.3) is 0 Å². The molecule has 0 aliphatic carbocycles. The molecule has 0 spiro atoms. The lowest BCUT2D eigenvalue weighted by Gasteiger charge is -2.19. The van der Waals surface area contributed by atoms with Crippen LogP contribution in [-0.2, 0) is 0 Å². The zero-order valence-electron chi connectivity index (χ0n) is 6.46. The number of thioether (sulfide) groups is 1. The van der Waals surface area contributed by atoms with Crippen LogP contribution in [0.3, 0.4) is 0 Å². The number of hydrazine groups is 2. The van der Waals surface area contributed by atoms with Crippen LogP contribution >= 0.6 is 11.8 Å². The molecule has 0 atom stereocenters. The molecular weight excluding hydrogens is 148 g/mol. The third kappa shape index (κ3) is 1.35. The van der Waals surface area contributed by atoms with Crippen molar-refractivity contribution in [3.63, 3.8) is 0 Å². The summed E-state index contributed by atoms with van der Waals surface area (Å²) in [6, 6.07) is 0. The second-order valence-electron chi connectivity index (χ2n) is 1.97. The molecule has 0 bridgehead atoms. The molecule has 5 heteroatoms. The maximum Gasteiger partial charge on any atom is 0.200 e. The van der Waals surface area contributed by atoms with Gasteiger partial charge in [0, 0.05) is 14.1 Å². The Hall–Kier alpha value is -0.420. The van der Waals surface area contributed by atoms with Crippen LogP contribution in [0, 0.1) is 0 Å². The van der Waals surface area contributed by atoms with Gasteiger partial charge in [0.1, 0.15) is 0 Å². The molecule has 1 aliphatic rings. The summed E-state index contributed by atoms with van der Waals surface area (Å²) in [6.07, 6.45) is 0. The first-order valence-corrected chi connectivity index (χ1v) is 4.17. The third-order valence-corrected chi connectivity index (χ3v) is 2.19. The Morgan fingerprint density at radius 1 is 1.60 bits per heavy atom. The summed E-state index contributed by atoms with van der Waals surface area (Å²) in [5.41, 5.74) is 2.83. The van der Waals surface area contributed by atoms with Gasteiger partial charge in [0.2, 0.25) is 0 Å². The van der Waals surface area contributed by atoms with Gasteiger partial charge in [-0.05, 0) is 5.75 Å². The Morgan fingerprint density at radius 2 is 2.30 bits per heavy atom. The molecule has 0 saturated carbocycles. The third-order valence-electron chi connectivity index (χ3n) is 1.29. The highest BCUT2D eigenvalue weighted by atomic mass is 32.2. The minimum atomic E-state index is 1.02. The fraction of sp³-hybridized carbons (Fsp3) is 0.800. The Bertz CT molecular complexity index is 147. The Kier molecular flexibility index (Phi) is 2.39. The van der Waals surface area contributed by atoms with Crippen LogP contribution in [0.2, 0.25) is 0 Å². The summed E-state index contributed by atoms with van der Waals surface area (Å²) >= 11 is 1.72. The van der Waals surface area contributed by atoms with Gasteiger partial charge in [-0.15, -0.1) is 10.2 Å². The van der Waals surface area contributed by atoms with Crippen LogP contribution in [0.4, 0.5) is 0 Å². The molecule has 0 unspecified atom stereocenters. The van der Waals surface area contributed by atoms with Gasteiger partial charge in [-0.25, -0.2) is 5.53 Å². The molecule has 0 radical (unpaired) electrons. The van der Waals surface area contributed by atoms with Crippen molar-refractivity contribution >= 4 is 16.9 Å². The summed E-state index contributed by atoms with van der Waals surface area (Å²) in [7, 11) is 3.90. The summed E-state index contributed by atoms with van der Waals surface area (Å²) in [5.74, 6) is 1.05. The summed E-state index contributed by atoms with van der Waals surface area (Å²) in [6.45, 7) is 2.11. The van der Waals surface area contributed by atoms with Crippen LogP contribution in [0.1, 0.15) is 6.92 Å². The quantitative estimate of drug-likeness (QED) is 0.598. The molecule has 0 fully saturated rings. The highest BCUT2D eigenvalue weighted by Crippen LogP contribution is 2.10. The molecule has 0 aromatic rings. The van der Waals surface area contributed by atoms with E-state index in [-0.39, 0.29) is 0 Å². The fourth-order valence-corrected chi connectivity index (χ4v) is 1.31. The molecule has 10 heavy (non-hydrogen) atoms. The molecular formula is C5H12N4S. The zero-order valence-corrected chi connectivity index (χ0v) is 7.27. The molecule has 0 aromatic heterocycles. The molecule has 4 nitrogen and oxygen atoms in total. The maximum atomic E-state index is 4.07. The number of amidine groups is 1. The van der Waals surface area contributed by atoms with Crippen LogP contribution in [0.15, 0.2) is 5.10 Å². The van der Waals surface area contributed by atoms with Crippen molar-refractivity contribution < 1.29 is 0 Å². The van der Waals surface area contributed by atoms with Crippen LogP contribution in [-0.4, -0.2) is 35.1 Å². The Labute approximate surface area is 65.2 Å². The Morgan fingerprint density at radius 3 is 2.70 bits per heavy atom. The van der Waals surface area contributed by atoms with E-state index >= 15 is 0 Å². The molecule has 58 valence electrons. The first-order valence-electron chi connectivity index (χ1n) is 3.19. The van der Waals surface area contributed by atoms with Gasteiger partial charge in [-0.3, -0.25) is 5.01 Å². The highest BCUT2D eigenvalue weighted by Gasteiger charge is 2.16. The molecule has 1 N–H and O–H groups in total. The number of hydrazone groups is 1. The predicted octanol–water partition coefficient (Wildman–Crippen LogP) is 0.307. The molecule has 0 aromatic carbocycles. The lowest BCUT2D eigenvalue weighted by molar-refractivity contribution is 0.0747. The van der Waals surface area contributed by atoms with E-state index < -0.39 is 0 Å². The van der Waals surface area contributed by atoms with E-state index in [2.05, 4.69) is 17.6 Å². The van der Waals surface area contributed by atoms with Gasteiger partial charge < -0.3 is 0 Å². The van der Waals surface area contributed by atoms with E-state index in [0.717, 1.165) is 10.9 Å². The van der Waals surface area contributed by atoms with Crippen LogP contribution in [0.5, 0.6) is 0 Å². The molecule has 1 aliphatic heterocycles. The van der Waals surface area contributed by atoms with Crippen LogP contribution in [0.25, 0.3) is 0 Å². The van der Waals surface area contributed by atoms with Crippen molar-refractivity contribution in [3.05, 3.63) is 0 Å². The van der Waals surface area contributed by atoms with Gasteiger partial charge in [-0.1, -0.05) is 18.7 Å². The molecule has 1 heterocycles. The SMILES string of the molecule is CCSC1=NNN(C)N1C. The van der Waals surface area contributed by atoms with E-state index in [9.17, 15) is 0 Å². The van der Waals surface area contributed by atoms with E-state index in [1.54, 1.807) is 11.8 Å². The number of nitrogens with one attached hydrogen (secondary N) is 1. The monoisotopic (exact) mass is 160 g/mol. The largest absolute Gasteiger partial charge is 0.267 e. The highest BCUT2D eigenvalue weighted by molar-refractivity contribution is 8.13. The summed E-state index contributed by atoms with van der Waals surface area (Å²) in [5, 5.41) is 8.89. The number of hydrogen-bond acceptors (Lipinski definition) is 5. The summed E-state index contributed by atoms with van der Waals surface area (Å²) < 4.78 is 0. The minimum absolute atomic E-state index is 1.02. The number of hydrogen-bond donors (Lipinski definition) is 1. The topological polar surface area (TPSA) is 30.9 Å². The van der Waals surface area contributed by atoms with Crippen molar-refractivity contribution in [2.45, 2.75) is 6.92 Å². The first-order chi connectivity index (χ1) is 4.75. The van der Waals surface area contributed by atoms with Gasteiger partial charge in [0.15, 0.2) is 5.17 Å². The second-order valence-corrected chi connectivity index (χ2v) is 3.21. The predicted molar refractivity (Wildman–Crippen MR) is 44.2 cm³/mol. The van der Waals surface area contributed by atoms with Crippen molar-refractivity contribution in [2.75, 3.05) is 19.8 Å². The smallest absolute Gasteiger partial charge is 0.200 e. The molecule has 0 saturated heterocycles. The van der Waals surface area contributed by atoms with E-state index in [1.807, 2.05) is 24.2 Å². The summed E-state index contributed by atoms with van der Waals surface area (Å²) in [4.78, 5) is 0. The first kappa shape index (κ1) is 7.68. The number of nitrogens with zero attached hydrogens (tertiary/aromatic N) is 3. The molecule has 1 rings (SSSR count). The van der Waals surface area contributed by atoms with E-state index in [0.29, 0.717) is 0 Å². The van der Waals surface area contributed by atoms with E-state index in [4.69, 9.17) is 0 Å². The van der Waals surface area contributed by atoms with Gasteiger partial charge in [0.05, 0.1) is 0 Å². The van der Waals surface area contributed by atoms with Crippen molar-refractivity contribution in [3.8, 4) is 0 Å². The standard InChI is InChI=1S/C5H12N4S/c1-4-10-5-6-7-9(3)8(5)2/h7H,4H2,1-3H3. The minimum Gasteiger partial charge on any atom is -0.267 e. The van der Waals surface area contributed by atoms with Crippen molar-refractivity contribution in [1.29, 1.82) is 0 Å². The average molecular weight is 160 g/mol. The van der Waals surface area contributed by atoms with Gasteiger partial charge >= 0.3 is 0 Å². The Balaban J connectivity index is 2.46. The average Bonchev–Trinajstić information content (AvgIpc) is 2.20. The van der Waals surface area contributed by atoms with Crippen molar-refractivity contribution in [2.24, 2.45) is 5.10 Å². The second kappa shape index (κ2) is 3.12. The van der Waals surface area contributed by atoms with Crippen molar-refractivity contribution in [1.82, 2.24) is 15.7 Å². The zero-order chi connectivity index (χ0) is 7.56. The number of rotatable bonds is 1. The lowest BCUT2D eigenvalue weighted by atomic mass is 11.0. The van der Waals surface area contributed by atoms with Crippen LogP contribution < -0.4 is 5.53 Å². The molecule has 0 amide bonds.